The van der Waals surface area contributed by atoms with Crippen molar-refractivity contribution in [2.75, 3.05) is 17.7 Å². The van der Waals surface area contributed by atoms with Gasteiger partial charge in [-0.3, -0.25) is 20.2 Å². The number of carbonyl (C=O) groups is 2. The Morgan fingerprint density at radius 2 is 1.67 bits per heavy atom. The summed E-state index contributed by atoms with van der Waals surface area (Å²) in [5.74, 6) is -0.279. The van der Waals surface area contributed by atoms with E-state index in [1.165, 1.54) is 19.2 Å². The number of nitro groups is 1. The Morgan fingerprint density at radius 3 is 2.30 bits per heavy atom. The first-order valence-electron chi connectivity index (χ1n) is 9.04. The van der Waals surface area contributed by atoms with E-state index in [0.29, 0.717) is 23.5 Å². The van der Waals surface area contributed by atoms with Gasteiger partial charge in [0.1, 0.15) is 5.69 Å². The zero-order valence-corrected chi connectivity index (χ0v) is 16.1. The molecule has 0 atom stereocenters. The van der Waals surface area contributed by atoms with Gasteiger partial charge in [0.15, 0.2) is 5.78 Å². The monoisotopic (exact) mass is 405 g/mol. The van der Waals surface area contributed by atoms with Crippen LogP contribution in [-0.4, -0.2) is 23.9 Å². The van der Waals surface area contributed by atoms with Crippen LogP contribution in [0.4, 0.5) is 21.9 Å². The fraction of sp³-hybridized carbons (Fsp3) is 0.0909. The lowest BCUT2D eigenvalue weighted by Crippen LogP contribution is -2.11. The van der Waals surface area contributed by atoms with Gasteiger partial charge in [0, 0.05) is 29.4 Å². The standard InChI is InChI=1S/C22H19N3O5/c1-30-22(27)24-18-10-7-15(8-11-18)14-23-19-12-9-17(13-20(19)25(28)29)21(26)16-5-3-2-4-6-16/h2-13,23H,14H2,1H3,(H,24,27). The summed E-state index contributed by atoms with van der Waals surface area (Å²) < 4.78 is 4.53. The Balaban J connectivity index is 1.74. The molecule has 0 aliphatic heterocycles. The van der Waals surface area contributed by atoms with Crippen LogP contribution in [0, 0.1) is 10.1 Å². The van der Waals surface area contributed by atoms with E-state index >= 15 is 0 Å². The number of hydrogen-bond donors (Lipinski definition) is 2. The van der Waals surface area contributed by atoms with Crippen molar-refractivity contribution in [3.05, 3.63) is 99.6 Å². The highest BCUT2D eigenvalue weighted by Crippen LogP contribution is 2.27. The molecule has 0 saturated heterocycles. The molecule has 0 aliphatic carbocycles. The van der Waals surface area contributed by atoms with E-state index in [9.17, 15) is 19.7 Å². The smallest absolute Gasteiger partial charge is 0.411 e. The SMILES string of the molecule is COC(=O)Nc1ccc(CNc2ccc(C(=O)c3ccccc3)cc2[N+](=O)[O-])cc1. The molecule has 1 amide bonds. The number of methoxy groups -OCH3 is 1. The third-order valence-electron chi connectivity index (χ3n) is 4.36. The van der Waals surface area contributed by atoms with Crippen LogP contribution in [0.25, 0.3) is 0 Å². The second-order valence-corrected chi connectivity index (χ2v) is 6.35. The molecule has 8 heteroatoms. The van der Waals surface area contributed by atoms with Gasteiger partial charge in [0.25, 0.3) is 5.69 Å². The van der Waals surface area contributed by atoms with Crippen LogP contribution in [-0.2, 0) is 11.3 Å². The van der Waals surface area contributed by atoms with Gasteiger partial charge < -0.3 is 10.1 Å². The molecule has 0 unspecified atom stereocenters. The highest BCUT2D eigenvalue weighted by atomic mass is 16.6. The number of nitrogens with one attached hydrogen (secondary N) is 2. The molecule has 0 spiro atoms. The molecule has 3 aromatic carbocycles. The Morgan fingerprint density at radius 1 is 0.967 bits per heavy atom. The molecule has 3 rings (SSSR count). The fourth-order valence-corrected chi connectivity index (χ4v) is 2.80. The molecule has 0 aromatic heterocycles. The molecule has 2 N–H and O–H groups in total. The van der Waals surface area contributed by atoms with Crippen molar-refractivity contribution in [1.29, 1.82) is 0 Å². The summed E-state index contributed by atoms with van der Waals surface area (Å²) >= 11 is 0. The Kier molecular flexibility index (Phi) is 6.39. The van der Waals surface area contributed by atoms with Crippen molar-refractivity contribution in [2.24, 2.45) is 0 Å². The maximum absolute atomic E-state index is 12.6. The number of ether oxygens (including phenoxy) is 1. The minimum atomic E-state index is -0.568. The van der Waals surface area contributed by atoms with Crippen LogP contribution in [0.5, 0.6) is 0 Å². The average Bonchev–Trinajstić information content (AvgIpc) is 2.78. The lowest BCUT2D eigenvalue weighted by Gasteiger charge is -2.10. The predicted octanol–water partition coefficient (Wildman–Crippen LogP) is 4.62. The topological polar surface area (TPSA) is 111 Å². The number of benzene rings is 3. The lowest BCUT2D eigenvalue weighted by atomic mass is 10.0. The molecular weight excluding hydrogens is 386 g/mol. The third-order valence-corrected chi connectivity index (χ3v) is 4.36. The molecule has 30 heavy (non-hydrogen) atoms. The van der Waals surface area contributed by atoms with Gasteiger partial charge in [-0.05, 0) is 29.8 Å². The van der Waals surface area contributed by atoms with Gasteiger partial charge in [-0.1, -0.05) is 42.5 Å². The van der Waals surface area contributed by atoms with E-state index in [0.717, 1.165) is 5.56 Å². The van der Waals surface area contributed by atoms with Crippen LogP contribution in [0.2, 0.25) is 0 Å². The molecule has 0 radical (unpaired) electrons. The lowest BCUT2D eigenvalue weighted by molar-refractivity contribution is -0.384. The average molecular weight is 405 g/mol. The van der Waals surface area contributed by atoms with E-state index in [1.807, 2.05) is 0 Å². The molecular formula is C22H19N3O5. The summed E-state index contributed by atoms with van der Waals surface area (Å²) in [4.78, 5) is 34.8. The van der Waals surface area contributed by atoms with E-state index < -0.39 is 11.0 Å². The van der Waals surface area contributed by atoms with Crippen LogP contribution < -0.4 is 10.6 Å². The fourth-order valence-electron chi connectivity index (χ4n) is 2.80. The second-order valence-electron chi connectivity index (χ2n) is 6.35. The van der Waals surface area contributed by atoms with Crippen molar-refractivity contribution in [2.45, 2.75) is 6.54 Å². The first-order valence-corrected chi connectivity index (χ1v) is 9.04. The van der Waals surface area contributed by atoms with Gasteiger partial charge >= 0.3 is 6.09 Å². The number of nitro benzene ring substituents is 1. The molecule has 0 saturated carbocycles. The second kappa shape index (κ2) is 9.33. The number of amides is 1. The molecule has 8 nitrogen and oxygen atoms in total. The summed E-state index contributed by atoms with van der Waals surface area (Å²) in [5, 5.41) is 17.1. The van der Waals surface area contributed by atoms with Crippen molar-refractivity contribution in [3.63, 3.8) is 0 Å². The minimum Gasteiger partial charge on any atom is -0.453 e. The zero-order valence-electron chi connectivity index (χ0n) is 16.1. The highest BCUT2D eigenvalue weighted by molar-refractivity contribution is 6.09. The number of carbonyl (C=O) groups excluding carboxylic acids is 2. The van der Waals surface area contributed by atoms with E-state index in [1.54, 1.807) is 60.7 Å². The Labute approximate surface area is 172 Å². The Bertz CT molecular complexity index is 1070. The molecule has 0 aliphatic rings. The molecule has 0 fully saturated rings. The van der Waals surface area contributed by atoms with Crippen molar-refractivity contribution in [3.8, 4) is 0 Å². The van der Waals surface area contributed by atoms with Crippen molar-refractivity contribution in [1.82, 2.24) is 0 Å². The molecule has 0 bridgehead atoms. The van der Waals surface area contributed by atoms with E-state index in [4.69, 9.17) is 0 Å². The number of rotatable bonds is 7. The van der Waals surface area contributed by atoms with Crippen LogP contribution >= 0.6 is 0 Å². The number of hydrogen-bond acceptors (Lipinski definition) is 6. The first-order chi connectivity index (χ1) is 14.5. The zero-order chi connectivity index (χ0) is 21.5. The maximum Gasteiger partial charge on any atom is 0.411 e. The largest absolute Gasteiger partial charge is 0.453 e. The first kappa shape index (κ1) is 20.5. The molecule has 0 heterocycles. The van der Waals surface area contributed by atoms with E-state index in [-0.39, 0.29) is 17.0 Å². The number of ketones is 1. The summed E-state index contributed by atoms with van der Waals surface area (Å²) in [6.07, 6.45) is -0.568. The maximum atomic E-state index is 12.6. The number of anilines is 2. The van der Waals surface area contributed by atoms with Gasteiger partial charge in [-0.25, -0.2) is 4.79 Å². The minimum absolute atomic E-state index is 0.180. The van der Waals surface area contributed by atoms with Crippen molar-refractivity contribution >= 4 is 28.9 Å². The van der Waals surface area contributed by atoms with Crippen molar-refractivity contribution < 1.29 is 19.2 Å². The van der Waals surface area contributed by atoms with Gasteiger partial charge in [0.2, 0.25) is 0 Å². The summed E-state index contributed by atoms with van der Waals surface area (Å²) in [6, 6.07) is 19.9. The van der Waals surface area contributed by atoms with E-state index in [2.05, 4.69) is 15.4 Å². The molecule has 3 aromatic rings. The highest BCUT2D eigenvalue weighted by Gasteiger charge is 2.18. The van der Waals surface area contributed by atoms with Gasteiger partial charge in [-0.15, -0.1) is 0 Å². The third kappa shape index (κ3) is 4.99. The van der Waals surface area contributed by atoms with Gasteiger partial charge in [0.05, 0.1) is 12.0 Å². The van der Waals surface area contributed by atoms with Crippen LogP contribution in [0.15, 0.2) is 72.8 Å². The summed E-state index contributed by atoms with van der Waals surface area (Å²) in [6.45, 7) is 0.325. The quantitative estimate of drug-likeness (QED) is 0.337. The van der Waals surface area contributed by atoms with Gasteiger partial charge in [-0.2, -0.15) is 0 Å². The summed E-state index contributed by atoms with van der Waals surface area (Å²) in [7, 11) is 1.28. The van der Waals surface area contributed by atoms with Crippen LogP contribution in [0.3, 0.4) is 0 Å². The molecule has 152 valence electrons. The van der Waals surface area contributed by atoms with Crippen LogP contribution in [0.1, 0.15) is 21.5 Å². The number of nitrogens with zero attached hydrogens (tertiary/aromatic N) is 1. The summed E-state index contributed by atoms with van der Waals surface area (Å²) in [5.41, 5.74) is 2.26. The Hall–Kier alpha value is -4.20. The predicted molar refractivity (Wildman–Crippen MR) is 113 cm³/mol. The normalized spacial score (nSPS) is 10.2.